The number of aryl methyl sites for hydroxylation is 1. The van der Waals surface area contributed by atoms with Crippen LogP contribution in [0.2, 0.25) is 0 Å². The second kappa shape index (κ2) is 9.96. The smallest absolute Gasteiger partial charge is 0.191 e. The lowest BCUT2D eigenvalue weighted by molar-refractivity contribution is 0.408. The standard InChI is InChI=1S/C20H31N7O/c1-4-19-25-23-15-27(19)13-11-22-20(21-2)24-16-8-7-12-26(14-16)17-9-5-6-10-18(17)28-3/h5-6,9-10,15-16H,4,7-8,11-14H2,1-3H3,(H2,21,22,24). The summed E-state index contributed by atoms with van der Waals surface area (Å²) in [5, 5.41) is 15.1. The number of para-hydroxylation sites is 2. The van der Waals surface area contributed by atoms with Gasteiger partial charge in [0, 0.05) is 45.7 Å². The van der Waals surface area contributed by atoms with Gasteiger partial charge in [-0.15, -0.1) is 10.2 Å². The van der Waals surface area contributed by atoms with Crippen molar-refractivity contribution in [1.82, 2.24) is 25.4 Å². The fourth-order valence-electron chi connectivity index (χ4n) is 3.63. The quantitative estimate of drug-likeness (QED) is 0.558. The van der Waals surface area contributed by atoms with Gasteiger partial charge in [0.15, 0.2) is 5.96 Å². The van der Waals surface area contributed by atoms with Crippen molar-refractivity contribution < 1.29 is 4.74 Å². The van der Waals surface area contributed by atoms with Crippen LogP contribution in [-0.2, 0) is 13.0 Å². The van der Waals surface area contributed by atoms with Gasteiger partial charge in [0.2, 0.25) is 0 Å². The van der Waals surface area contributed by atoms with Gasteiger partial charge in [-0.1, -0.05) is 19.1 Å². The van der Waals surface area contributed by atoms with Crippen molar-refractivity contribution in [2.24, 2.45) is 4.99 Å². The molecule has 1 aliphatic rings. The Morgan fingerprint density at radius 1 is 1.36 bits per heavy atom. The number of guanidine groups is 1. The molecule has 1 aromatic heterocycles. The third kappa shape index (κ3) is 4.94. The average molecular weight is 386 g/mol. The van der Waals surface area contributed by atoms with E-state index in [0.29, 0.717) is 6.04 Å². The van der Waals surface area contributed by atoms with E-state index >= 15 is 0 Å². The maximum absolute atomic E-state index is 5.53. The van der Waals surface area contributed by atoms with Crippen molar-refractivity contribution in [3.05, 3.63) is 36.4 Å². The Bertz CT molecular complexity index is 773. The molecular weight excluding hydrogens is 354 g/mol. The van der Waals surface area contributed by atoms with E-state index in [1.807, 2.05) is 19.2 Å². The molecule has 1 saturated heterocycles. The molecule has 2 heterocycles. The summed E-state index contributed by atoms with van der Waals surface area (Å²) in [6, 6.07) is 8.55. The first-order valence-electron chi connectivity index (χ1n) is 9.97. The second-order valence-corrected chi connectivity index (χ2v) is 6.89. The van der Waals surface area contributed by atoms with E-state index in [4.69, 9.17) is 4.74 Å². The molecule has 0 radical (unpaired) electrons. The largest absolute Gasteiger partial charge is 0.495 e. The molecule has 0 spiro atoms. The third-order valence-corrected chi connectivity index (χ3v) is 5.07. The highest BCUT2D eigenvalue weighted by molar-refractivity contribution is 5.80. The van der Waals surface area contributed by atoms with E-state index in [1.54, 1.807) is 13.4 Å². The lowest BCUT2D eigenvalue weighted by Crippen LogP contribution is -2.51. The van der Waals surface area contributed by atoms with Gasteiger partial charge < -0.3 is 24.8 Å². The van der Waals surface area contributed by atoms with Crippen LogP contribution in [0.15, 0.2) is 35.6 Å². The second-order valence-electron chi connectivity index (χ2n) is 6.89. The summed E-state index contributed by atoms with van der Waals surface area (Å²) in [6.45, 7) is 5.64. The Hall–Kier alpha value is -2.77. The van der Waals surface area contributed by atoms with Crippen LogP contribution in [-0.4, -0.2) is 60.6 Å². The highest BCUT2D eigenvalue weighted by atomic mass is 16.5. The number of piperidine rings is 1. The van der Waals surface area contributed by atoms with Gasteiger partial charge in [-0.2, -0.15) is 0 Å². The van der Waals surface area contributed by atoms with Crippen molar-refractivity contribution in [3.8, 4) is 5.75 Å². The van der Waals surface area contributed by atoms with Crippen LogP contribution < -0.4 is 20.3 Å². The molecule has 152 valence electrons. The first kappa shape index (κ1) is 20.0. The molecule has 1 aliphatic heterocycles. The molecule has 2 N–H and O–H groups in total. The van der Waals surface area contributed by atoms with Crippen molar-refractivity contribution in [2.75, 3.05) is 38.7 Å². The number of nitrogens with zero attached hydrogens (tertiary/aromatic N) is 5. The predicted octanol–water partition coefficient (Wildman–Crippen LogP) is 1.68. The lowest BCUT2D eigenvalue weighted by Gasteiger charge is -2.36. The number of hydrogen-bond acceptors (Lipinski definition) is 5. The van der Waals surface area contributed by atoms with Crippen molar-refractivity contribution in [3.63, 3.8) is 0 Å². The Labute approximate surface area is 167 Å². The van der Waals surface area contributed by atoms with Crippen LogP contribution >= 0.6 is 0 Å². The molecule has 0 amide bonds. The van der Waals surface area contributed by atoms with Gasteiger partial charge in [0.1, 0.15) is 17.9 Å². The summed E-state index contributed by atoms with van der Waals surface area (Å²) < 4.78 is 7.61. The van der Waals surface area contributed by atoms with Crippen LogP contribution in [0.25, 0.3) is 0 Å². The zero-order chi connectivity index (χ0) is 19.8. The molecular formula is C20H31N7O. The SMILES string of the molecule is CCc1nncn1CCNC(=NC)NC1CCCN(c2ccccc2OC)C1. The minimum absolute atomic E-state index is 0.339. The average Bonchev–Trinajstić information content (AvgIpc) is 3.20. The molecule has 0 aliphatic carbocycles. The van der Waals surface area contributed by atoms with Crippen molar-refractivity contribution in [2.45, 2.75) is 38.8 Å². The Morgan fingerprint density at radius 2 is 2.21 bits per heavy atom. The Balaban J connectivity index is 1.53. The molecule has 3 rings (SSSR count). The predicted molar refractivity (Wildman–Crippen MR) is 112 cm³/mol. The van der Waals surface area contributed by atoms with E-state index in [-0.39, 0.29) is 0 Å². The summed E-state index contributed by atoms with van der Waals surface area (Å²) in [4.78, 5) is 6.77. The molecule has 2 aromatic rings. The molecule has 8 heteroatoms. The van der Waals surface area contributed by atoms with Gasteiger partial charge in [0.25, 0.3) is 0 Å². The van der Waals surface area contributed by atoms with Crippen LogP contribution in [0.3, 0.4) is 0 Å². The number of rotatable bonds is 7. The number of hydrogen-bond donors (Lipinski definition) is 2. The normalized spacial score (nSPS) is 17.5. The van der Waals surface area contributed by atoms with Crippen molar-refractivity contribution >= 4 is 11.6 Å². The molecule has 0 bridgehead atoms. The maximum atomic E-state index is 5.53. The lowest BCUT2D eigenvalue weighted by atomic mass is 10.0. The summed E-state index contributed by atoms with van der Waals surface area (Å²) in [5.74, 6) is 2.76. The zero-order valence-corrected chi connectivity index (χ0v) is 17.1. The van der Waals surface area contributed by atoms with Crippen molar-refractivity contribution in [1.29, 1.82) is 0 Å². The number of methoxy groups -OCH3 is 1. The van der Waals surface area contributed by atoms with Gasteiger partial charge in [-0.3, -0.25) is 4.99 Å². The number of anilines is 1. The fraction of sp³-hybridized carbons (Fsp3) is 0.550. The molecule has 28 heavy (non-hydrogen) atoms. The summed E-state index contributed by atoms with van der Waals surface area (Å²) in [5.41, 5.74) is 1.15. The van der Waals surface area contributed by atoms with Crippen LogP contribution in [0.5, 0.6) is 5.75 Å². The molecule has 1 unspecified atom stereocenters. The number of nitrogens with one attached hydrogen (secondary N) is 2. The summed E-state index contributed by atoms with van der Waals surface area (Å²) in [7, 11) is 3.54. The van der Waals surface area contributed by atoms with Gasteiger partial charge >= 0.3 is 0 Å². The summed E-state index contributed by atoms with van der Waals surface area (Å²) >= 11 is 0. The Kier molecular flexibility index (Phi) is 7.11. The van der Waals surface area contributed by atoms with E-state index < -0.39 is 0 Å². The maximum Gasteiger partial charge on any atom is 0.191 e. The van der Waals surface area contributed by atoms with E-state index in [9.17, 15) is 0 Å². The van der Waals surface area contributed by atoms with Gasteiger partial charge in [0.05, 0.1) is 12.8 Å². The first-order chi connectivity index (χ1) is 13.7. The topological polar surface area (TPSA) is 79.6 Å². The van der Waals surface area contributed by atoms with Crippen LogP contribution in [0.1, 0.15) is 25.6 Å². The molecule has 1 aromatic carbocycles. The minimum Gasteiger partial charge on any atom is -0.495 e. The monoisotopic (exact) mass is 385 g/mol. The number of benzene rings is 1. The highest BCUT2D eigenvalue weighted by Gasteiger charge is 2.22. The minimum atomic E-state index is 0.339. The fourth-order valence-corrected chi connectivity index (χ4v) is 3.63. The molecule has 8 nitrogen and oxygen atoms in total. The molecule has 0 saturated carbocycles. The van der Waals surface area contributed by atoms with Crippen LogP contribution in [0.4, 0.5) is 5.69 Å². The third-order valence-electron chi connectivity index (χ3n) is 5.07. The first-order valence-corrected chi connectivity index (χ1v) is 9.97. The summed E-state index contributed by atoms with van der Waals surface area (Å²) in [6.07, 6.45) is 4.92. The van der Waals surface area contributed by atoms with E-state index in [2.05, 4.69) is 54.3 Å². The zero-order valence-electron chi connectivity index (χ0n) is 17.1. The highest BCUT2D eigenvalue weighted by Crippen LogP contribution is 2.29. The van der Waals surface area contributed by atoms with E-state index in [0.717, 1.165) is 68.7 Å². The molecule has 1 atom stereocenters. The Morgan fingerprint density at radius 3 is 3.00 bits per heavy atom. The molecule has 1 fully saturated rings. The number of aromatic nitrogens is 3. The van der Waals surface area contributed by atoms with Crippen LogP contribution in [0, 0.1) is 0 Å². The van der Waals surface area contributed by atoms with Gasteiger partial charge in [-0.25, -0.2) is 0 Å². The number of aliphatic imine (C=N–C) groups is 1. The number of ether oxygens (including phenoxy) is 1. The van der Waals surface area contributed by atoms with Gasteiger partial charge in [-0.05, 0) is 25.0 Å². The van der Waals surface area contributed by atoms with E-state index in [1.165, 1.54) is 0 Å².